The maximum atomic E-state index is 13.2. The summed E-state index contributed by atoms with van der Waals surface area (Å²) in [5, 5.41) is 25.2. The predicted molar refractivity (Wildman–Crippen MR) is 148 cm³/mol. The van der Waals surface area contributed by atoms with Crippen LogP contribution in [-0.2, 0) is 26.0 Å². The molecule has 0 unspecified atom stereocenters. The molecule has 43 heavy (non-hydrogen) atoms. The van der Waals surface area contributed by atoms with E-state index in [9.17, 15) is 50.2 Å². The number of rotatable bonds is 9. The quantitative estimate of drug-likeness (QED) is 0.160. The van der Waals surface area contributed by atoms with Crippen LogP contribution in [0.4, 0.5) is 41.6 Å². The first-order chi connectivity index (χ1) is 20.0. The van der Waals surface area contributed by atoms with E-state index in [1.807, 2.05) is 0 Å². The van der Waals surface area contributed by atoms with Crippen molar-refractivity contribution in [2.45, 2.75) is 27.8 Å². The Labute approximate surface area is 242 Å². The fourth-order valence-electron chi connectivity index (χ4n) is 3.82. The highest BCUT2D eigenvalue weighted by Crippen LogP contribution is 2.42. The van der Waals surface area contributed by atoms with Crippen molar-refractivity contribution in [2.24, 2.45) is 0 Å². The molecule has 2 N–H and O–H groups in total. The number of benzene rings is 4. The Kier molecular flexibility index (Phi) is 8.15. The van der Waals surface area contributed by atoms with Crippen molar-refractivity contribution >= 4 is 48.3 Å². The van der Waals surface area contributed by atoms with E-state index < -0.39 is 58.5 Å². The molecule has 0 bridgehead atoms. The first-order valence-corrected chi connectivity index (χ1v) is 14.8. The van der Waals surface area contributed by atoms with E-state index in [4.69, 9.17) is 0 Å². The Hall–Kier alpha value is -5.03. The summed E-state index contributed by atoms with van der Waals surface area (Å²) in [4.78, 5) is 20.0. The highest BCUT2D eigenvalue weighted by atomic mass is 32.2. The average molecular weight is 637 g/mol. The zero-order valence-electron chi connectivity index (χ0n) is 21.7. The van der Waals surface area contributed by atoms with E-state index in [-0.39, 0.29) is 38.2 Å². The number of aryl methyl sites for hydroxylation is 1. The van der Waals surface area contributed by atoms with Crippen LogP contribution in [0.25, 0.3) is 0 Å². The third kappa shape index (κ3) is 6.73. The Morgan fingerprint density at radius 3 is 1.51 bits per heavy atom. The third-order valence-corrected chi connectivity index (χ3v) is 9.18. The molecule has 224 valence electrons. The van der Waals surface area contributed by atoms with Gasteiger partial charge in [-0.3, -0.25) is 25.0 Å². The van der Waals surface area contributed by atoms with Crippen LogP contribution in [0, 0.1) is 27.2 Å². The number of halogens is 3. The minimum Gasteiger partial charge on any atom is -0.344 e. The standard InChI is InChI=1S/C26H19F3N4O8S2/c1-16-2-8-22(9-3-16)43(40,41)31-19-6-12-21(13-7-19)42(38,39)20-10-4-18(5-11-20)30-25-23(32(34)35)14-17(26(27,28)29)15-24(25)33(36)37/h2-15,30-31H,1H3. The first-order valence-electron chi connectivity index (χ1n) is 11.8. The van der Waals surface area contributed by atoms with Crippen molar-refractivity contribution < 1.29 is 39.9 Å². The number of nitro benzene ring substituents is 2. The Morgan fingerprint density at radius 2 is 1.09 bits per heavy atom. The van der Waals surface area contributed by atoms with Crippen LogP contribution in [0.3, 0.4) is 0 Å². The van der Waals surface area contributed by atoms with E-state index in [1.54, 1.807) is 19.1 Å². The number of sulfonamides is 1. The lowest BCUT2D eigenvalue weighted by Gasteiger charge is -2.12. The average Bonchev–Trinajstić information content (AvgIpc) is 2.93. The summed E-state index contributed by atoms with van der Waals surface area (Å²) in [6.07, 6.45) is -5.09. The number of hydrogen-bond donors (Lipinski definition) is 2. The van der Waals surface area contributed by atoms with E-state index >= 15 is 0 Å². The minimum atomic E-state index is -5.09. The summed E-state index contributed by atoms with van der Waals surface area (Å²) in [5.41, 5.74) is -3.98. The van der Waals surface area contributed by atoms with E-state index in [0.717, 1.165) is 29.8 Å². The van der Waals surface area contributed by atoms with Crippen molar-refractivity contribution in [3.05, 3.63) is 116 Å². The van der Waals surface area contributed by atoms with Gasteiger partial charge in [-0.05, 0) is 67.6 Å². The van der Waals surface area contributed by atoms with Crippen molar-refractivity contribution in [3.8, 4) is 0 Å². The van der Waals surface area contributed by atoms with Crippen molar-refractivity contribution in [2.75, 3.05) is 10.0 Å². The molecule has 0 spiro atoms. The zero-order valence-corrected chi connectivity index (χ0v) is 23.3. The largest absolute Gasteiger partial charge is 0.416 e. The minimum absolute atomic E-state index is 0.00968. The van der Waals surface area contributed by atoms with E-state index in [2.05, 4.69) is 10.0 Å². The van der Waals surface area contributed by atoms with Gasteiger partial charge in [0.2, 0.25) is 9.84 Å². The number of hydrogen-bond acceptors (Lipinski definition) is 9. The first kappa shape index (κ1) is 30.9. The van der Waals surface area contributed by atoms with Crippen molar-refractivity contribution in [1.82, 2.24) is 0 Å². The van der Waals surface area contributed by atoms with Gasteiger partial charge >= 0.3 is 6.18 Å². The fourth-order valence-corrected chi connectivity index (χ4v) is 6.14. The van der Waals surface area contributed by atoms with Gasteiger partial charge in [-0.1, -0.05) is 17.7 Å². The highest BCUT2D eigenvalue weighted by Gasteiger charge is 2.37. The predicted octanol–water partition coefficient (Wildman–Crippen LogP) is 6.21. The van der Waals surface area contributed by atoms with Gasteiger partial charge < -0.3 is 5.32 Å². The lowest BCUT2D eigenvalue weighted by Crippen LogP contribution is -2.13. The molecule has 0 aliphatic rings. The number of nitrogens with zero attached hydrogens (tertiary/aromatic N) is 2. The summed E-state index contributed by atoms with van der Waals surface area (Å²) in [6, 6.07) is 15.6. The number of sulfone groups is 1. The van der Waals surface area contributed by atoms with E-state index in [1.165, 1.54) is 36.4 Å². The van der Waals surface area contributed by atoms with Gasteiger partial charge in [0.25, 0.3) is 21.4 Å². The molecule has 4 rings (SSSR count). The van der Waals surface area contributed by atoms with Crippen molar-refractivity contribution in [1.29, 1.82) is 0 Å². The molecule has 0 saturated heterocycles. The van der Waals surface area contributed by atoms with Gasteiger partial charge in [0.15, 0.2) is 5.69 Å². The van der Waals surface area contributed by atoms with Crippen LogP contribution in [-0.4, -0.2) is 26.7 Å². The molecule has 0 radical (unpaired) electrons. The fraction of sp³-hybridized carbons (Fsp3) is 0.0769. The zero-order chi connectivity index (χ0) is 31.7. The maximum Gasteiger partial charge on any atom is 0.416 e. The molecule has 4 aromatic carbocycles. The third-order valence-electron chi connectivity index (χ3n) is 6.00. The molecule has 0 amide bonds. The summed E-state index contributed by atoms with van der Waals surface area (Å²) < 4.78 is 93.3. The van der Waals surface area contributed by atoms with Crippen LogP contribution in [0.1, 0.15) is 11.1 Å². The van der Waals surface area contributed by atoms with Crippen LogP contribution in [0.5, 0.6) is 0 Å². The second-order valence-corrected chi connectivity index (χ2v) is 12.6. The van der Waals surface area contributed by atoms with Crippen LogP contribution in [0.2, 0.25) is 0 Å². The van der Waals surface area contributed by atoms with Gasteiger partial charge in [-0.15, -0.1) is 0 Å². The summed E-state index contributed by atoms with van der Waals surface area (Å²) in [6.45, 7) is 1.80. The van der Waals surface area contributed by atoms with Crippen LogP contribution < -0.4 is 10.0 Å². The summed E-state index contributed by atoms with van der Waals surface area (Å²) >= 11 is 0. The molecule has 17 heteroatoms. The Bertz CT molecular complexity index is 1900. The van der Waals surface area contributed by atoms with Gasteiger partial charge in [-0.25, -0.2) is 16.8 Å². The summed E-state index contributed by atoms with van der Waals surface area (Å²) in [5.74, 6) is 0. The lowest BCUT2D eigenvalue weighted by atomic mass is 10.1. The highest BCUT2D eigenvalue weighted by molar-refractivity contribution is 7.92. The lowest BCUT2D eigenvalue weighted by molar-refractivity contribution is -0.392. The van der Waals surface area contributed by atoms with Crippen LogP contribution >= 0.6 is 0 Å². The molecule has 0 aromatic heterocycles. The second kappa shape index (κ2) is 11.3. The number of nitro groups is 2. The molecular weight excluding hydrogens is 617 g/mol. The number of anilines is 3. The Balaban J connectivity index is 1.58. The van der Waals surface area contributed by atoms with E-state index in [0.29, 0.717) is 0 Å². The molecule has 12 nitrogen and oxygen atoms in total. The summed E-state index contributed by atoms with van der Waals surface area (Å²) in [7, 11) is -8.09. The normalized spacial score (nSPS) is 12.0. The monoisotopic (exact) mass is 636 g/mol. The molecule has 0 aliphatic heterocycles. The smallest absolute Gasteiger partial charge is 0.344 e. The molecular formula is C26H19F3N4O8S2. The SMILES string of the molecule is Cc1ccc(S(=O)(=O)Nc2ccc(S(=O)(=O)c3ccc(Nc4c([N+](=O)[O-])cc(C(F)(F)F)cc4[N+](=O)[O-])cc3)cc2)cc1. The van der Waals surface area contributed by atoms with Gasteiger partial charge in [0.05, 0.1) is 30.1 Å². The molecule has 0 aliphatic carbocycles. The Morgan fingerprint density at radius 1 is 0.674 bits per heavy atom. The maximum absolute atomic E-state index is 13.2. The second-order valence-electron chi connectivity index (χ2n) is 9.00. The topological polar surface area (TPSA) is 179 Å². The molecule has 0 fully saturated rings. The van der Waals surface area contributed by atoms with Gasteiger partial charge in [0, 0.05) is 23.5 Å². The van der Waals surface area contributed by atoms with Crippen LogP contribution in [0.15, 0.2) is 99.6 Å². The molecule has 0 atom stereocenters. The van der Waals surface area contributed by atoms with Gasteiger partial charge in [0.1, 0.15) is 0 Å². The molecule has 0 saturated carbocycles. The number of nitrogens with one attached hydrogen (secondary N) is 2. The van der Waals surface area contributed by atoms with Crippen molar-refractivity contribution in [3.63, 3.8) is 0 Å². The number of alkyl halides is 3. The van der Waals surface area contributed by atoms with Gasteiger partial charge in [-0.2, -0.15) is 13.2 Å². The molecule has 4 aromatic rings. The molecule has 0 heterocycles.